The maximum absolute atomic E-state index is 12.4. The van der Waals surface area contributed by atoms with Gasteiger partial charge in [-0.05, 0) is 31.2 Å². The van der Waals surface area contributed by atoms with Crippen LogP contribution in [0.15, 0.2) is 60.7 Å². The third-order valence-electron chi connectivity index (χ3n) is 3.24. The van der Waals surface area contributed by atoms with Crippen LogP contribution in [0.5, 0.6) is 0 Å². The van der Waals surface area contributed by atoms with E-state index < -0.39 is 0 Å². The van der Waals surface area contributed by atoms with Crippen molar-refractivity contribution in [1.29, 1.82) is 0 Å². The number of aromatic nitrogens is 2. The molecule has 6 heteroatoms. The summed E-state index contributed by atoms with van der Waals surface area (Å²) < 4.78 is 0. The molecule has 24 heavy (non-hydrogen) atoms. The van der Waals surface area contributed by atoms with Gasteiger partial charge in [-0.15, -0.1) is 0 Å². The number of aryl methyl sites for hydroxylation is 1. The van der Waals surface area contributed by atoms with Crippen LogP contribution in [0, 0.1) is 6.92 Å². The van der Waals surface area contributed by atoms with Crippen molar-refractivity contribution in [2.24, 2.45) is 0 Å². The van der Waals surface area contributed by atoms with Gasteiger partial charge in [0.15, 0.2) is 0 Å². The van der Waals surface area contributed by atoms with E-state index in [1.165, 1.54) is 0 Å². The molecule has 5 nitrogen and oxygen atoms in total. The van der Waals surface area contributed by atoms with E-state index in [0.717, 1.165) is 0 Å². The molecule has 0 aliphatic heterocycles. The van der Waals surface area contributed by atoms with Gasteiger partial charge in [-0.1, -0.05) is 41.9 Å². The van der Waals surface area contributed by atoms with E-state index in [1.807, 2.05) is 48.5 Å². The summed E-state index contributed by atoms with van der Waals surface area (Å²) in [6.07, 6.45) is 0. The molecule has 3 rings (SSSR count). The molecule has 3 aromatic rings. The smallest absolute Gasteiger partial charge is 0.274 e. The van der Waals surface area contributed by atoms with Gasteiger partial charge in [0.05, 0.1) is 10.7 Å². The van der Waals surface area contributed by atoms with E-state index >= 15 is 0 Å². The Hall–Kier alpha value is -2.92. The molecule has 0 bridgehead atoms. The molecule has 1 heterocycles. The molecule has 2 aromatic carbocycles. The second-order valence-corrected chi connectivity index (χ2v) is 5.52. The van der Waals surface area contributed by atoms with Crippen LogP contribution in [0.4, 0.5) is 17.2 Å². The number of hydrogen-bond donors (Lipinski definition) is 2. The average molecular weight is 339 g/mol. The monoisotopic (exact) mass is 338 g/mol. The molecular formula is C18H15ClN4O. The highest BCUT2D eigenvalue weighted by Gasteiger charge is 2.11. The summed E-state index contributed by atoms with van der Waals surface area (Å²) in [5.41, 5.74) is 1.70. The summed E-state index contributed by atoms with van der Waals surface area (Å²) in [4.78, 5) is 20.9. The summed E-state index contributed by atoms with van der Waals surface area (Å²) in [5.74, 6) is 0.702. The molecule has 2 N–H and O–H groups in total. The van der Waals surface area contributed by atoms with Crippen molar-refractivity contribution in [3.05, 3.63) is 77.2 Å². The van der Waals surface area contributed by atoms with Crippen molar-refractivity contribution < 1.29 is 4.79 Å². The Morgan fingerprint density at radius 2 is 1.71 bits per heavy atom. The van der Waals surface area contributed by atoms with E-state index in [2.05, 4.69) is 20.6 Å². The molecule has 0 aliphatic carbocycles. The second-order valence-electron chi connectivity index (χ2n) is 5.11. The number of para-hydroxylation sites is 2. The van der Waals surface area contributed by atoms with Gasteiger partial charge in [-0.25, -0.2) is 9.97 Å². The molecule has 0 radical (unpaired) electrons. The standard InChI is InChI=1S/C18H15ClN4O/c1-12-20-16(18(24)22-13-7-3-2-4-8-13)11-17(21-12)23-15-10-6-5-9-14(15)19/h2-11H,1H3,(H,22,24)(H,20,21,23). The van der Waals surface area contributed by atoms with Crippen LogP contribution < -0.4 is 10.6 Å². The number of carbonyl (C=O) groups excluding carboxylic acids is 1. The van der Waals surface area contributed by atoms with Crippen LogP contribution >= 0.6 is 11.6 Å². The van der Waals surface area contributed by atoms with Crippen molar-refractivity contribution >= 4 is 34.7 Å². The van der Waals surface area contributed by atoms with Gasteiger partial charge < -0.3 is 10.6 Å². The predicted molar refractivity (Wildman–Crippen MR) is 95.9 cm³/mol. The normalized spacial score (nSPS) is 10.2. The van der Waals surface area contributed by atoms with Crippen LogP contribution in [0.3, 0.4) is 0 Å². The lowest BCUT2D eigenvalue weighted by Crippen LogP contribution is -2.15. The molecule has 0 unspecified atom stereocenters. The Balaban J connectivity index is 1.83. The van der Waals surface area contributed by atoms with E-state index in [-0.39, 0.29) is 11.6 Å². The van der Waals surface area contributed by atoms with Crippen molar-refractivity contribution in [3.8, 4) is 0 Å². The van der Waals surface area contributed by atoms with Gasteiger partial charge in [-0.3, -0.25) is 4.79 Å². The molecule has 120 valence electrons. The molecule has 0 fully saturated rings. The van der Waals surface area contributed by atoms with Crippen LogP contribution in [0.1, 0.15) is 16.3 Å². The zero-order chi connectivity index (χ0) is 16.9. The third-order valence-corrected chi connectivity index (χ3v) is 3.57. The fraction of sp³-hybridized carbons (Fsp3) is 0.0556. The first kappa shape index (κ1) is 16.0. The maximum atomic E-state index is 12.4. The van der Waals surface area contributed by atoms with Crippen molar-refractivity contribution in [3.63, 3.8) is 0 Å². The zero-order valence-corrected chi connectivity index (χ0v) is 13.7. The van der Waals surface area contributed by atoms with Crippen molar-refractivity contribution in [2.75, 3.05) is 10.6 Å². The summed E-state index contributed by atoms with van der Waals surface area (Å²) in [5, 5.41) is 6.49. The minimum atomic E-state index is -0.297. The van der Waals surface area contributed by atoms with Crippen LogP contribution in [0.25, 0.3) is 0 Å². The van der Waals surface area contributed by atoms with Gasteiger partial charge in [0.2, 0.25) is 0 Å². The Labute approximate surface area is 144 Å². The van der Waals surface area contributed by atoms with E-state index in [4.69, 9.17) is 11.6 Å². The van der Waals surface area contributed by atoms with Crippen molar-refractivity contribution in [2.45, 2.75) is 6.92 Å². The Bertz CT molecular complexity index is 868. The molecule has 1 amide bonds. The number of amides is 1. The molecule has 0 atom stereocenters. The summed E-state index contributed by atoms with van der Waals surface area (Å²) >= 11 is 6.14. The van der Waals surface area contributed by atoms with Gasteiger partial charge in [-0.2, -0.15) is 0 Å². The number of nitrogens with zero attached hydrogens (tertiary/aromatic N) is 2. The number of nitrogens with one attached hydrogen (secondary N) is 2. The van der Waals surface area contributed by atoms with E-state index in [9.17, 15) is 4.79 Å². The summed E-state index contributed by atoms with van der Waals surface area (Å²) in [6.45, 7) is 1.73. The van der Waals surface area contributed by atoms with E-state index in [1.54, 1.807) is 19.1 Å². The average Bonchev–Trinajstić information content (AvgIpc) is 2.57. The number of rotatable bonds is 4. The maximum Gasteiger partial charge on any atom is 0.274 e. The zero-order valence-electron chi connectivity index (χ0n) is 13.0. The lowest BCUT2D eigenvalue weighted by atomic mass is 10.3. The fourth-order valence-corrected chi connectivity index (χ4v) is 2.35. The summed E-state index contributed by atoms with van der Waals surface area (Å²) in [6, 6.07) is 18.1. The minimum Gasteiger partial charge on any atom is -0.339 e. The molecular weight excluding hydrogens is 324 g/mol. The fourth-order valence-electron chi connectivity index (χ4n) is 2.17. The molecule has 0 saturated heterocycles. The Kier molecular flexibility index (Phi) is 4.72. The number of benzene rings is 2. The van der Waals surface area contributed by atoms with Crippen LogP contribution in [-0.2, 0) is 0 Å². The molecule has 0 aliphatic rings. The van der Waals surface area contributed by atoms with Gasteiger partial charge in [0, 0.05) is 11.8 Å². The van der Waals surface area contributed by atoms with Gasteiger partial charge >= 0.3 is 0 Å². The molecule has 1 aromatic heterocycles. The Morgan fingerprint density at radius 1 is 1.00 bits per heavy atom. The van der Waals surface area contributed by atoms with Gasteiger partial charge in [0.1, 0.15) is 17.3 Å². The first-order chi connectivity index (χ1) is 11.6. The van der Waals surface area contributed by atoms with Crippen LogP contribution in [-0.4, -0.2) is 15.9 Å². The Morgan fingerprint density at radius 3 is 2.46 bits per heavy atom. The van der Waals surface area contributed by atoms with Crippen molar-refractivity contribution in [1.82, 2.24) is 9.97 Å². The number of halogens is 1. The topological polar surface area (TPSA) is 66.9 Å². The highest BCUT2D eigenvalue weighted by molar-refractivity contribution is 6.33. The predicted octanol–water partition coefficient (Wildman–Crippen LogP) is 4.43. The quantitative estimate of drug-likeness (QED) is 0.738. The first-order valence-electron chi connectivity index (χ1n) is 7.35. The lowest BCUT2D eigenvalue weighted by molar-refractivity contribution is 0.102. The highest BCUT2D eigenvalue weighted by Crippen LogP contribution is 2.24. The van der Waals surface area contributed by atoms with Crippen LogP contribution in [0.2, 0.25) is 5.02 Å². The first-order valence-corrected chi connectivity index (χ1v) is 7.73. The number of carbonyl (C=O) groups is 1. The molecule has 0 spiro atoms. The number of anilines is 3. The van der Waals surface area contributed by atoms with E-state index in [0.29, 0.717) is 28.0 Å². The summed E-state index contributed by atoms with van der Waals surface area (Å²) in [7, 11) is 0. The van der Waals surface area contributed by atoms with Gasteiger partial charge in [0.25, 0.3) is 5.91 Å². The highest BCUT2D eigenvalue weighted by atomic mass is 35.5. The number of hydrogen-bond acceptors (Lipinski definition) is 4. The lowest BCUT2D eigenvalue weighted by Gasteiger charge is -2.10. The minimum absolute atomic E-state index is 0.279. The third kappa shape index (κ3) is 3.88. The second kappa shape index (κ2) is 7.10. The molecule has 0 saturated carbocycles. The largest absolute Gasteiger partial charge is 0.339 e. The SMILES string of the molecule is Cc1nc(Nc2ccccc2Cl)cc(C(=O)Nc2ccccc2)n1.